The Kier molecular flexibility index (Phi) is 3.85. The minimum absolute atomic E-state index is 0.00736. The lowest BCUT2D eigenvalue weighted by Crippen LogP contribution is -2.35. The van der Waals surface area contributed by atoms with Crippen molar-refractivity contribution in [2.24, 2.45) is 11.8 Å². The van der Waals surface area contributed by atoms with Gasteiger partial charge in [0, 0.05) is 6.04 Å². The molecule has 1 aliphatic rings. The van der Waals surface area contributed by atoms with E-state index in [1.807, 2.05) is 13.8 Å². The first kappa shape index (κ1) is 12.2. The predicted molar refractivity (Wildman–Crippen MR) is 56.4 cm³/mol. The van der Waals surface area contributed by atoms with Crippen LogP contribution in [0.2, 0.25) is 0 Å². The number of ether oxygens (including phenoxy) is 1. The molecule has 15 heavy (non-hydrogen) atoms. The fourth-order valence-electron chi connectivity index (χ4n) is 2.35. The van der Waals surface area contributed by atoms with Gasteiger partial charge in [-0.25, -0.2) is 0 Å². The van der Waals surface area contributed by atoms with Crippen LogP contribution < -0.4 is 5.32 Å². The van der Waals surface area contributed by atoms with Crippen LogP contribution in [0.25, 0.3) is 0 Å². The average molecular weight is 213 g/mol. The van der Waals surface area contributed by atoms with Crippen LogP contribution in [0, 0.1) is 11.8 Å². The Hall–Kier alpha value is -0.900. The van der Waals surface area contributed by atoms with Crippen molar-refractivity contribution in [1.82, 2.24) is 5.32 Å². The summed E-state index contributed by atoms with van der Waals surface area (Å²) in [6.07, 6.45) is 0. The Morgan fingerprint density at radius 1 is 1.33 bits per heavy atom. The van der Waals surface area contributed by atoms with Gasteiger partial charge in [-0.05, 0) is 26.7 Å². The molecule has 0 aliphatic carbocycles. The zero-order valence-corrected chi connectivity index (χ0v) is 9.74. The highest BCUT2D eigenvalue weighted by molar-refractivity contribution is 5.84. The number of rotatable bonds is 3. The molecule has 0 bridgehead atoms. The van der Waals surface area contributed by atoms with Gasteiger partial charge in [-0.1, -0.05) is 6.92 Å². The first-order valence-electron chi connectivity index (χ1n) is 5.42. The number of esters is 1. The maximum atomic E-state index is 11.7. The molecule has 1 saturated heterocycles. The molecule has 4 heteroatoms. The third-order valence-corrected chi connectivity index (χ3v) is 3.07. The van der Waals surface area contributed by atoms with E-state index in [1.54, 1.807) is 13.8 Å². The molecule has 86 valence electrons. The van der Waals surface area contributed by atoms with Crippen molar-refractivity contribution < 1.29 is 14.3 Å². The van der Waals surface area contributed by atoms with Crippen LogP contribution in [0.1, 0.15) is 27.7 Å². The summed E-state index contributed by atoms with van der Waals surface area (Å²) < 4.78 is 5.00. The maximum absolute atomic E-state index is 11.7. The summed E-state index contributed by atoms with van der Waals surface area (Å²) in [7, 11) is 0. The van der Waals surface area contributed by atoms with Crippen LogP contribution in [0.3, 0.4) is 0 Å². The Balaban J connectivity index is 2.74. The lowest BCUT2D eigenvalue weighted by Gasteiger charge is -2.17. The number of hydrogen-bond donors (Lipinski definition) is 1. The first-order chi connectivity index (χ1) is 6.99. The standard InChI is InChI=1S/C11H19NO3/c1-5-15-11(14)9-6(2)10(8(4)13)12-7(9)3/h6-7,9-10,12H,5H2,1-4H3. The second-order valence-electron chi connectivity index (χ2n) is 4.18. The van der Waals surface area contributed by atoms with Crippen LogP contribution >= 0.6 is 0 Å². The molecule has 0 spiro atoms. The number of hydrogen-bond acceptors (Lipinski definition) is 4. The molecule has 0 radical (unpaired) electrons. The summed E-state index contributed by atoms with van der Waals surface area (Å²) in [6, 6.07) is -0.206. The molecule has 4 nitrogen and oxygen atoms in total. The van der Waals surface area contributed by atoms with Gasteiger partial charge in [-0.15, -0.1) is 0 Å². The number of carbonyl (C=O) groups is 2. The van der Waals surface area contributed by atoms with Gasteiger partial charge in [0.05, 0.1) is 18.6 Å². The molecule has 1 fully saturated rings. The lowest BCUT2D eigenvalue weighted by molar-refractivity contribution is -0.149. The van der Waals surface area contributed by atoms with Crippen molar-refractivity contribution in [2.45, 2.75) is 39.8 Å². The molecular formula is C11H19NO3. The first-order valence-corrected chi connectivity index (χ1v) is 5.42. The second kappa shape index (κ2) is 4.75. The van der Waals surface area contributed by atoms with Crippen molar-refractivity contribution in [2.75, 3.05) is 6.61 Å². The number of ketones is 1. The molecule has 4 atom stereocenters. The third-order valence-electron chi connectivity index (χ3n) is 3.07. The number of Topliss-reactive ketones (excluding diaryl/α,β-unsaturated/α-hetero) is 1. The maximum Gasteiger partial charge on any atom is 0.310 e. The summed E-state index contributed by atoms with van der Waals surface area (Å²) >= 11 is 0. The third kappa shape index (κ3) is 2.37. The van der Waals surface area contributed by atoms with Crippen LogP contribution in [-0.2, 0) is 14.3 Å². The van der Waals surface area contributed by atoms with E-state index in [2.05, 4.69) is 5.32 Å². The monoisotopic (exact) mass is 213 g/mol. The van der Waals surface area contributed by atoms with Crippen LogP contribution in [-0.4, -0.2) is 30.4 Å². The molecule has 0 amide bonds. The van der Waals surface area contributed by atoms with E-state index in [0.29, 0.717) is 6.61 Å². The normalized spacial score (nSPS) is 35.2. The van der Waals surface area contributed by atoms with E-state index in [-0.39, 0.29) is 35.7 Å². The Labute approximate surface area is 90.4 Å². The highest BCUT2D eigenvalue weighted by Gasteiger charge is 2.44. The number of carbonyl (C=O) groups excluding carboxylic acids is 2. The summed E-state index contributed by atoms with van der Waals surface area (Å²) in [5, 5.41) is 3.14. The van der Waals surface area contributed by atoms with E-state index in [4.69, 9.17) is 4.74 Å². The van der Waals surface area contributed by atoms with Gasteiger partial charge >= 0.3 is 5.97 Å². The quantitative estimate of drug-likeness (QED) is 0.703. The van der Waals surface area contributed by atoms with Gasteiger partial charge in [0.15, 0.2) is 0 Å². The molecule has 0 saturated carbocycles. The van der Waals surface area contributed by atoms with Crippen molar-refractivity contribution >= 4 is 11.8 Å². The second-order valence-corrected chi connectivity index (χ2v) is 4.18. The summed E-state index contributed by atoms with van der Waals surface area (Å²) in [5.41, 5.74) is 0. The SMILES string of the molecule is CCOC(=O)C1C(C)NC(C(C)=O)C1C. The molecule has 1 aliphatic heterocycles. The molecule has 4 unspecified atom stereocenters. The summed E-state index contributed by atoms with van der Waals surface area (Å²) in [5.74, 6) is -0.315. The van der Waals surface area contributed by atoms with Gasteiger partial charge in [-0.2, -0.15) is 0 Å². The minimum atomic E-state index is -0.214. The van der Waals surface area contributed by atoms with Crippen molar-refractivity contribution in [3.63, 3.8) is 0 Å². The molecule has 0 aromatic carbocycles. The Bertz CT molecular complexity index is 265. The van der Waals surface area contributed by atoms with E-state index >= 15 is 0 Å². The van der Waals surface area contributed by atoms with Crippen LogP contribution in [0.15, 0.2) is 0 Å². The van der Waals surface area contributed by atoms with Crippen molar-refractivity contribution in [1.29, 1.82) is 0 Å². The molecular weight excluding hydrogens is 194 g/mol. The highest BCUT2D eigenvalue weighted by Crippen LogP contribution is 2.28. The lowest BCUT2D eigenvalue weighted by atomic mass is 9.88. The van der Waals surface area contributed by atoms with Gasteiger partial charge in [0.2, 0.25) is 0 Å². The zero-order valence-electron chi connectivity index (χ0n) is 9.74. The largest absolute Gasteiger partial charge is 0.466 e. The molecule has 0 aromatic rings. The minimum Gasteiger partial charge on any atom is -0.466 e. The van der Waals surface area contributed by atoms with Gasteiger partial charge in [-0.3, -0.25) is 9.59 Å². The Morgan fingerprint density at radius 3 is 2.33 bits per heavy atom. The van der Waals surface area contributed by atoms with Crippen molar-refractivity contribution in [3.05, 3.63) is 0 Å². The van der Waals surface area contributed by atoms with Gasteiger partial charge in [0.1, 0.15) is 5.78 Å². The fraction of sp³-hybridized carbons (Fsp3) is 0.818. The molecule has 1 heterocycles. The van der Waals surface area contributed by atoms with E-state index in [1.165, 1.54) is 0 Å². The molecule has 0 aromatic heterocycles. The smallest absolute Gasteiger partial charge is 0.310 e. The molecule has 1 rings (SSSR count). The van der Waals surface area contributed by atoms with Crippen LogP contribution in [0.5, 0.6) is 0 Å². The van der Waals surface area contributed by atoms with Gasteiger partial charge in [0.25, 0.3) is 0 Å². The highest BCUT2D eigenvalue weighted by atomic mass is 16.5. The molecule has 1 N–H and O–H groups in total. The van der Waals surface area contributed by atoms with Crippen LogP contribution in [0.4, 0.5) is 0 Å². The fourth-order valence-corrected chi connectivity index (χ4v) is 2.35. The summed E-state index contributed by atoms with van der Waals surface area (Å²) in [4.78, 5) is 23.0. The average Bonchev–Trinajstić information content (AvgIpc) is 2.42. The topological polar surface area (TPSA) is 55.4 Å². The number of nitrogens with one attached hydrogen (secondary N) is 1. The van der Waals surface area contributed by atoms with E-state index in [0.717, 1.165) is 0 Å². The Morgan fingerprint density at radius 2 is 1.93 bits per heavy atom. The predicted octanol–water partition coefficient (Wildman–Crippen LogP) is 0.751. The van der Waals surface area contributed by atoms with Gasteiger partial charge < -0.3 is 10.1 Å². The zero-order chi connectivity index (χ0) is 11.6. The van der Waals surface area contributed by atoms with E-state index in [9.17, 15) is 9.59 Å². The van der Waals surface area contributed by atoms with Crippen molar-refractivity contribution in [3.8, 4) is 0 Å². The summed E-state index contributed by atoms with van der Waals surface area (Å²) in [6.45, 7) is 7.57. The van der Waals surface area contributed by atoms with E-state index < -0.39 is 0 Å².